The summed E-state index contributed by atoms with van der Waals surface area (Å²) in [6.45, 7) is 4.47. The minimum atomic E-state index is 0.414. The van der Waals surface area contributed by atoms with Crippen molar-refractivity contribution in [3.63, 3.8) is 0 Å². The van der Waals surface area contributed by atoms with Gasteiger partial charge in [0.2, 0.25) is 0 Å². The quantitative estimate of drug-likeness (QED) is 0.382. The Morgan fingerprint density at radius 3 is 2.18 bits per heavy atom. The molecule has 0 aromatic heterocycles. The van der Waals surface area contributed by atoms with Crippen molar-refractivity contribution in [3.8, 4) is 0 Å². The summed E-state index contributed by atoms with van der Waals surface area (Å²) in [7, 11) is 0. The molecule has 2 aromatic carbocycles. The van der Waals surface area contributed by atoms with Gasteiger partial charge < -0.3 is 10.1 Å². The number of amidine groups is 1. The predicted octanol–water partition coefficient (Wildman–Crippen LogP) is 3.79. The molecule has 5 heteroatoms. The Morgan fingerprint density at radius 1 is 1.05 bits per heavy atom. The van der Waals surface area contributed by atoms with Gasteiger partial charge in [0.05, 0.1) is 5.69 Å². The van der Waals surface area contributed by atoms with E-state index in [0.29, 0.717) is 18.1 Å². The Morgan fingerprint density at radius 2 is 1.64 bits per heavy atom. The average Bonchev–Trinajstić information content (AvgIpc) is 2.59. The third kappa shape index (κ3) is 3.85. The van der Waals surface area contributed by atoms with Gasteiger partial charge in [0.1, 0.15) is 5.71 Å². The highest BCUT2D eigenvalue weighted by atomic mass is 16.4. The lowest BCUT2D eigenvalue weighted by atomic mass is 10.2. The lowest BCUT2D eigenvalue weighted by Gasteiger charge is -2.23. The molecule has 22 heavy (non-hydrogen) atoms. The second-order valence-corrected chi connectivity index (χ2v) is 4.68. The van der Waals surface area contributed by atoms with Crippen LogP contribution in [-0.2, 0) is 0 Å². The molecule has 2 rings (SSSR count). The van der Waals surface area contributed by atoms with Gasteiger partial charge in [-0.05, 0) is 38.1 Å². The third-order valence-corrected chi connectivity index (χ3v) is 3.18. The fourth-order valence-corrected chi connectivity index (χ4v) is 2.10. The molecule has 0 saturated heterocycles. The molecule has 114 valence electrons. The van der Waals surface area contributed by atoms with E-state index in [0.717, 1.165) is 11.4 Å². The predicted molar refractivity (Wildman–Crippen MR) is 91.9 cm³/mol. The fourth-order valence-electron chi connectivity index (χ4n) is 2.10. The van der Waals surface area contributed by atoms with E-state index in [2.05, 4.69) is 15.7 Å². The summed E-state index contributed by atoms with van der Waals surface area (Å²) >= 11 is 0. The van der Waals surface area contributed by atoms with Crippen LogP contribution in [0, 0.1) is 0 Å². The number of nitrogens with one attached hydrogen (secondary N) is 1. The SMILES string of the molecule is CCN(C(=N/O)/C(C)=N/Nc1ccccc1)c1ccccc1. The number of hydrogen-bond donors (Lipinski definition) is 2. The Kier molecular flexibility index (Phi) is 5.54. The van der Waals surface area contributed by atoms with Crippen molar-refractivity contribution in [2.75, 3.05) is 16.9 Å². The van der Waals surface area contributed by atoms with E-state index < -0.39 is 0 Å². The number of benzene rings is 2. The first kappa shape index (κ1) is 15.6. The molecular weight excluding hydrogens is 276 g/mol. The molecule has 0 aliphatic heterocycles. The number of hydrazone groups is 1. The van der Waals surface area contributed by atoms with E-state index in [1.54, 1.807) is 6.92 Å². The van der Waals surface area contributed by atoms with E-state index in [1.165, 1.54) is 0 Å². The van der Waals surface area contributed by atoms with Crippen molar-refractivity contribution in [1.29, 1.82) is 0 Å². The molecule has 0 spiro atoms. The molecular formula is C17H20N4O. The maximum Gasteiger partial charge on any atom is 0.195 e. The summed E-state index contributed by atoms with van der Waals surface area (Å²) in [6, 6.07) is 19.4. The van der Waals surface area contributed by atoms with Gasteiger partial charge in [-0.1, -0.05) is 41.6 Å². The van der Waals surface area contributed by atoms with Gasteiger partial charge in [-0.2, -0.15) is 5.10 Å². The van der Waals surface area contributed by atoms with E-state index in [9.17, 15) is 5.21 Å². The Hall–Kier alpha value is -2.82. The summed E-state index contributed by atoms with van der Waals surface area (Å²) in [5, 5.41) is 17.1. The van der Waals surface area contributed by atoms with Crippen LogP contribution in [-0.4, -0.2) is 23.3 Å². The van der Waals surface area contributed by atoms with Gasteiger partial charge in [-0.15, -0.1) is 0 Å². The van der Waals surface area contributed by atoms with Crippen LogP contribution in [0.1, 0.15) is 13.8 Å². The highest BCUT2D eigenvalue weighted by Crippen LogP contribution is 2.14. The van der Waals surface area contributed by atoms with Gasteiger partial charge in [0.25, 0.3) is 0 Å². The summed E-state index contributed by atoms with van der Waals surface area (Å²) in [6.07, 6.45) is 0. The number of hydrogen-bond acceptors (Lipinski definition) is 4. The largest absolute Gasteiger partial charge is 0.409 e. The van der Waals surface area contributed by atoms with Gasteiger partial charge in [0.15, 0.2) is 5.84 Å². The van der Waals surface area contributed by atoms with Gasteiger partial charge in [-0.3, -0.25) is 5.43 Å². The number of rotatable bonds is 5. The fraction of sp³-hybridized carbons (Fsp3) is 0.176. The normalized spacial score (nSPS) is 12.1. The zero-order valence-corrected chi connectivity index (χ0v) is 12.8. The second-order valence-electron chi connectivity index (χ2n) is 4.68. The van der Waals surface area contributed by atoms with Crippen molar-refractivity contribution < 1.29 is 5.21 Å². The molecule has 5 nitrogen and oxygen atoms in total. The van der Waals surface area contributed by atoms with Crippen LogP contribution in [0.15, 0.2) is 70.9 Å². The summed E-state index contributed by atoms with van der Waals surface area (Å²) < 4.78 is 0. The molecule has 0 aliphatic rings. The topological polar surface area (TPSA) is 60.2 Å². The van der Waals surface area contributed by atoms with E-state index in [1.807, 2.05) is 72.5 Å². The number of oxime groups is 1. The Bertz CT molecular complexity index is 638. The van der Waals surface area contributed by atoms with Crippen LogP contribution >= 0.6 is 0 Å². The lowest BCUT2D eigenvalue weighted by Crippen LogP contribution is -2.36. The molecule has 2 N–H and O–H groups in total. The molecule has 0 heterocycles. The van der Waals surface area contributed by atoms with Crippen molar-refractivity contribution >= 4 is 22.9 Å². The lowest BCUT2D eigenvalue weighted by molar-refractivity contribution is 0.319. The third-order valence-electron chi connectivity index (χ3n) is 3.18. The van der Waals surface area contributed by atoms with Gasteiger partial charge in [0, 0.05) is 12.2 Å². The molecule has 0 radical (unpaired) electrons. The van der Waals surface area contributed by atoms with E-state index >= 15 is 0 Å². The van der Waals surface area contributed by atoms with Crippen molar-refractivity contribution in [1.82, 2.24) is 0 Å². The first-order chi connectivity index (χ1) is 10.8. The van der Waals surface area contributed by atoms with Crippen LogP contribution in [0.25, 0.3) is 0 Å². The van der Waals surface area contributed by atoms with Crippen LogP contribution in [0.2, 0.25) is 0 Å². The Balaban J connectivity index is 2.19. The minimum absolute atomic E-state index is 0.414. The van der Waals surface area contributed by atoms with Crippen LogP contribution in [0.4, 0.5) is 11.4 Å². The number of para-hydroxylation sites is 2. The van der Waals surface area contributed by atoms with E-state index in [-0.39, 0.29) is 0 Å². The molecule has 0 unspecified atom stereocenters. The molecule has 0 aliphatic carbocycles. The maximum absolute atomic E-state index is 9.39. The summed E-state index contributed by atoms with van der Waals surface area (Å²) in [4.78, 5) is 1.89. The van der Waals surface area contributed by atoms with Crippen molar-refractivity contribution in [2.24, 2.45) is 10.3 Å². The zero-order chi connectivity index (χ0) is 15.8. The number of nitrogens with zero attached hydrogens (tertiary/aromatic N) is 3. The number of anilines is 2. The first-order valence-electron chi connectivity index (χ1n) is 7.16. The van der Waals surface area contributed by atoms with Crippen LogP contribution in [0.5, 0.6) is 0 Å². The minimum Gasteiger partial charge on any atom is -0.409 e. The van der Waals surface area contributed by atoms with Crippen molar-refractivity contribution in [3.05, 3.63) is 60.7 Å². The summed E-state index contributed by atoms with van der Waals surface area (Å²) in [5.41, 5.74) is 5.38. The standard InChI is InChI=1S/C17H20N4O/c1-3-21(16-12-8-5-9-13-16)17(20-22)14(2)18-19-15-10-6-4-7-11-15/h4-13,19,22H,3H2,1-2H3/b18-14+,20-17+. The van der Waals surface area contributed by atoms with Crippen LogP contribution < -0.4 is 10.3 Å². The van der Waals surface area contributed by atoms with Gasteiger partial charge in [-0.25, -0.2) is 0 Å². The van der Waals surface area contributed by atoms with Crippen LogP contribution in [0.3, 0.4) is 0 Å². The van der Waals surface area contributed by atoms with E-state index in [4.69, 9.17) is 0 Å². The molecule has 0 atom stereocenters. The molecule has 2 aromatic rings. The average molecular weight is 296 g/mol. The second kappa shape index (κ2) is 7.83. The molecule has 0 bridgehead atoms. The van der Waals surface area contributed by atoms with Gasteiger partial charge >= 0.3 is 0 Å². The monoisotopic (exact) mass is 296 g/mol. The Labute approximate surface area is 130 Å². The smallest absolute Gasteiger partial charge is 0.195 e. The zero-order valence-electron chi connectivity index (χ0n) is 12.8. The summed E-state index contributed by atoms with van der Waals surface area (Å²) in [5.74, 6) is 0.414. The molecule has 0 amide bonds. The highest BCUT2D eigenvalue weighted by Gasteiger charge is 2.15. The highest BCUT2D eigenvalue weighted by molar-refractivity contribution is 6.45. The first-order valence-corrected chi connectivity index (χ1v) is 7.16. The van der Waals surface area contributed by atoms with Crippen molar-refractivity contribution in [2.45, 2.75) is 13.8 Å². The molecule has 0 fully saturated rings. The maximum atomic E-state index is 9.39. The molecule has 0 saturated carbocycles.